The first-order valence-corrected chi connectivity index (χ1v) is 5.67. The Kier molecular flexibility index (Phi) is 1.20. The largest absolute Gasteiger partial charge is 0.358 e. The number of hydrogen-bond donors (Lipinski definition) is 2. The van der Waals surface area contributed by atoms with Crippen molar-refractivity contribution in [2.24, 2.45) is 16.7 Å². The molecule has 2 N–H and O–H groups in total. The molecule has 76 valence electrons. The first kappa shape index (κ1) is 7.71. The van der Waals surface area contributed by atoms with Crippen molar-refractivity contribution in [1.82, 2.24) is 10.9 Å². The summed E-state index contributed by atoms with van der Waals surface area (Å²) in [5.41, 5.74) is 7.55. The highest BCUT2D eigenvalue weighted by molar-refractivity contribution is 5.34. The SMILES string of the molecule is C1=CC(OCC2C3(CC3)C23CC3)NN1. The molecular weight excluding hydrogens is 176 g/mol. The van der Waals surface area contributed by atoms with Crippen LogP contribution < -0.4 is 10.9 Å². The summed E-state index contributed by atoms with van der Waals surface area (Å²) in [6, 6.07) is 0. The molecule has 1 atom stereocenters. The van der Waals surface area contributed by atoms with Gasteiger partial charge in [-0.3, -0.25) is 0 Å². The Balaban J connectivity index is 1.37. The fraction of sp³-hybridized carbons (Fsp3) is 0.818. The van der Waals surface area contributed by atoms with Gasteiger partial charge in [0.2, 0.25) is 0 Å². The maximum absolute atomic E-state index is 5.82. The summed E-state index contributed by atoms with van der Waals surface area (Å²) < 4.78 is 5.82. The van der Waals surface area contributed by atoms with Crippen LogP contribution in [0.15, 0.2) is 12.3 Å². The lowest BCUT2D eigenvalue weighted by Gasteiger charge is -2.10. The minimum Gasteiger partial charge on any atom is -0.358 e. The van der Waals surface area contributed by atoms with Gasteiger partial charge in [-0.15, -0.1) is 0 Å². The predicted molar refractivity (Wildman–Crippen MR) is 52.0 cm³/mol. The van der Waals surface area contributed by atoms with Crippen molar-refractivity contribution in [3.05, 3.63) is 12.3 Å². The molecule has 14 heavy (non-hydrogen) atoms. The third-order valence-corrected chi connectivity index (χ3v) is 4.84. The molecule has 2 spiro atoms. The Morgan fingerprint density at radius 2 is 1.93 bits per heavy atom. The molecule has 0 saturated heterocycles. The van der Waals surface area contributed by atoms with Gasteiger partial charge in [0.05, 0.1) is 6.61 Å². The molecule has 0 aromatic carbocycles. The van der Waals surface area contributed by atoms with Gasteiger partial charge in [-0.2, -0.15) is 0 Å². The monoisotopic (exact) mass is 192 g/mol. The minimum absolute atomic E-state index is 0.0993. The van der Waals surface area contributed by atoms with Gasteiger partial charge in [0, 0.05) is 6.20 Å². The van der Waals surface area contributed by atoms with E-state index >= 15 is 0 Å². The summed E-state index contributed by atoms with van der Waals surface area (Å²) >= 11 is 0. The summed E-state index contributed by atoms with van der Waals surface area (Å²) in [6.45, 7) is 0.962. The molecule has 0 bridgehead atoms. The van der Waals surface area contributed by atoms with Gasteiger partial charge in [0.1, 0.15) is 6.23 Å². The zero-order chi connectivity index (χ0) is 9.23. The molecule has 3 aliphatic carbocycles. The van der Waals surface area contributed by atoms with Crippen molar-refractivity contribution in [2.75, 3.05) is 6.61 Å². The number of nitrogens with one attached hydrogen (secondary N) is 2. The molecule has 3 saturated carbocycles. The fourth-order valence-corrected chi connectivity index (χ4v) is 3.73. The summed E-state index contributed by atoms with van der Waals surface area (Å²) in [7, 11) is 0. The van der Waals surface area contributed by atoms with Crippen LogP contribution in [0.5, 0.6) is 0 Å². The van der Waals surface area contributed by atoms with Crippen LogP contribution in [0.25, 0.3) is 0 Å². The lowest BCUT2D eigenvalue weighted by Crippen LogP contribution is -2.33. The van der Waals surface area contributed by atoms with E-state index in [4.69, 9.17) is 4.74 Å². The van der Waals surface area contributed by atoms with E-state index in [0.29, 0.717) is 0 Å². The molecule has 1 unspecified atom stereocenters. The first-order valence-electron chi connectivity index (χ1n) is 5.67. The molecule has 4 rings (SSSR count). The molecule has 3 nitrogen and oxygen atoms in total. The van der Waals surface area contributed by atoms with E-state index in [1.165, 1.54) is 25.7 Å². The maximum Gasteiger partial charge on any atom is 0.145 e. The smallest absolute Gasteiger partial charge is 0.145 e. The highest BCUT2D eigenvalue weighted by atomic mass is 16.5. The highest BCUT2D eigenvalue weighted by Gasteiger charge is 2.86. The van der Waals surface area contributed by atoms with Crippen LogP contribution in [0, 0.1) is 16.7 Å². The number of hydrazine groups is 1. The van der Waals surface area contributed by atoms with E-state index < -0.39 is 0 Å². The van der Waals surface area contributed by atoms with Crippen molar-refractivity contribution in [3.8, 4) is 0 Å². The van der Waals surface area contributed by atoms with E-state index in [1.54, 1.807) is 0 Å². The molecule has 1 aliphatic heterocycles. The zero-order valence-electron chi connectivity index (χ0n) is 8.25. The lowest BCUT2D eigenvalue weighted by molar-refractivity contribution is 0.0505. The van der Waals surface area contributed by atoms with Crippen LogP contribution in [-0.4, -0.2) is 12.8 Å². The third kappa shape index (κ3) is 0.766. The quantitative estimate of drug-likeness (QED) is 0.703. The van der Waals surface area contributed by atoms with Gasteiger partial charge in [0.15, 0.2) is 0 Å². The van der Waals surface area contributed by atoms with Crippen LogP contribution in [-0.2, 0) is 4.74 Å². The van der Waals surface area contributed by atoms with Gasteiger partial charge < -0.3 is 10.2 Å². The van der Waals surface area contributed by atoms with Crippen molar-refractivity contribution < 1.29 is 4.74 Å². The molecule has 0 aromatic heterocycles. The second-order valence-electron chi connectivity index (χ2n) is 5.27. The lowest BCUT2D eigenvalue weighted by atomic mass is 10.3. The fourth-order valence-electron chi connectivity index (χ4n) is 3.73. The topological polar surface area (TPSA) is 33.3 Å². The highest BCUT2D eigenvalue weighted by Crippen LogP contribution is 2.92. The third-order valence-electron chi connectivity index (χ3n) is 4.84. The summed E-state index contributed by atoms with van der Waals surface area (Å²) in [6.07, 6.45) is 9.95. The number of rotatable bonds is 3. The standard InChI is InChI=1S/C11H16N2O/c1-6-12-13-9(1)14-7-8-10(2-3-10)11(8)4-5-11/h1,6,8-9,12-13H,2-5,7H2. The number of ether oxygens (including phenoxy) is 1. The minimum atomic E-state index is 0.0993. The Labute approximate surface area is 83.9 Å². The van der Waals surface area contributed by atoms with Crippen molar-refractivity contribution in [2.45, 2.75) is 31.9 Å². The van der Waals surface area contributed by atoms with Gasteiger partial charge in [-0.1, -0.05) is 0 Å². The molecule has 0 amide bonds. The van der Waals surface area contributed by atoms with Crippen LogP contribution >= 0.6 is 0 Å². The Bertz CT molecular complexity index is 286. The van der Waals surface area contributed by atoms with Gasteiger partial charge >= 0.3 is 0 Å². The molecule has 0 radical (unpaired) electrons. The van der Waals surface area contributed by atoms with Gasteiger partial charge in [0.25, 0.3) is 0 Å². The summed E-state index contributed by atoms with van der Waals surface area (Å²) in [5, 5.41) is 0. The van der Waals surface area contributed by atoms with Crippen LogP contribution in [0.3, 0.4) is 0 Å². The second kappa shape index (κ2) is 2.17. The zero-order valence-corrected chi connectivity index (χ0v) is 8.25. The van der Waals surface area contributed by atoms with Crippen molar-refractivity contribution in [1.29, 1.82) is 0 Å². The number of hydrogen-bond acceptors (Lipinski definition) is 3. The Morgan fingerprint density at radius 1 is 1.21 bits per heavy atom. The number of fused-ring (bicyclic) bond motifs is 1. The van der Waals surface area contributed by atoms with Crippen LogP contribution in [0.4, 0.5) is 0 Å². The normalized spacial score (nSPS) is 39.0. The van der Waals surface area contributed by atoms with Crippen LogP contribution in [0.1, 0.15) is 25.7 Å². The van der Waals surface area contributed by atoms with Gasteiger partial charge in [-0.25, -0.2) is 5.43 Å². The average Bonchev–Trinajstić information content (AvgIpc) is 3.12. The molecule has 4 aliphatic rings. The Hall–Kier alpha value is -0.540. The predicted octanol–water partition coefficient (Wildman–Crippen LogP) is 1.14. The summed E-state index contributed by atoms with van der Waals surface area (Å²) in [5.74, 6) is 0.894. The molecular formula is C11H16N2O. The summed E-state index contributed by atoms with van der Waals surface area (Å²) in [4.78, 5) is 0. The van der Waals surface area contributed by atoms with E-state index in [0.717, 1.165) is 23.4 Å². The Morgan fingerprint density at radius 3 is 2.43 bits per heavy atom. The molecule has 0 aromatic rings. The van der Waals surface area contributed by atoms with E-state index in [1.807, 2.05) is 12.3 Å². The van der Waals surface area contributed by atoms with Crippen molar-refractivity contribution in [3.63, 3.8) is 0 Å². The van der Waals surface area contributed by atoms with Gasteiger partial charge in [-0.05, 0) is 48.5 Å². The second-order valence-corrected chi connectivity index (χ2v) is 5.27. The van der Waals surface area contributed by atoms with Crippen LogP contribution in [0.2, 0.25) is 0 Å². The average molecular weight is 192 g/mol. The molecule has 3 fully saturated rings. The van der Waals surface area contributed by atoms with E-state index in [9.17, 15) is 0 Å². The first-order chi connectivity index (χ1) is 6.87. The maximum atomic E-state index is 5.82. The van der Waals surface area contributed by atoms with Crippen molar-refractivity contribution >= 4 is 0 Å². The molecule has 1 heterocycles. The van der Waals surface area contributed by atoms with E-state index in [-0.39, 0.29) is 6.23 Å². The molecule has 3 heteroatoms. The van der Waals surface area contributed by atoms with E-state index in [2.05, 4.69) is 10.9 Å².